The molecule has 0 saturated heterocycles. The molecule has 3 aromatic carbocycles. The van der Waals surface area contributed by atoms with E-state index >= 15 is 0 Å². The molecular weight excluding hydrogens is 328 g/mol. The average Bonchev–Trinajstić information content (AvgIpc) is 2.72. The van der Waals surface area contributed by atoms with Crippen molar-refractivity contribution in [1.29, 1.82) is 0 Å². The Morgan fingerprint density at radius 2 is 1.38 bits per heavy atom. The fourth-order valence-corrected chi connectivity index (χ4v) is 2.50. The van der Waals surface area contributed by atoms with Crippen LogP contribution in [-0.4, -0.2) is 19.7 Å². The lowest BCUT2D eigenvalue weighted by Crippen LogP contribution is -2.15. The van der Waals surface area contributed by atoms with E-state index in [-0.39, 0.29) is 13.2 Å². The quantitative estimate of drug-likeness (QED) is 0.590. The maximum absolute atomic E-state index is 11.9. The largest absolute Gasteiger partial charge is 0.493 e. The van der Waals surface area contributed by atoms with Crippen LogP contribution < -0.4 is 9.47 Å². The number of carbonyl (C=O) groups excluding carboxylic acids is 1. The van der Waals surface area contributed by atoms with Gasteiger partial charge in [0.2, 0.25) is 0 Å². The standard InChI is InChI=1S/C22H20O4/c1-24-20-9-5-6-10-21(20)25-16-22(23)26-15-17-11-13-19(14-12-17)18-7-3-2-4-8-18/h2-14H,15-16H2,1H3. The Balaban J connectivity index is 1.50. The minimum absolute atomic E-state index is 0.164. The van der Waals surface area contributed by atoms with Crippen LogP contribution in [0.1, 0.15) is 5.56 Å². The summed E-state index contributed by atoms with van der Waals surface area (Å²) in [5, 5.41) is 0. The number of para-hydroxylation sites is 2. The molecule has 0 aliphatic carbocycles. The summed E-state index contributed by atoms with van der Waals surface area (Å²) in [7, 11) is 1.56. The second-order valence-electron chi connectivity index (χ2n) is 5.66. The van der Waals surface area contributed by atoms with Crippen molar-refractivity contribution in [2.24, 2.45) is 0 Å². The zero-order valence-corrected chi connectivity index (χ0v) is 14.6. The first-order chi connectivity index (χ1) is 12.8. The molecule has 26 heavy (non-hydrogen) atoms. The first-order valence-corrected chi connectivity index (χ1v) is 8.32. The van der Waals surface area contributed by atoms with Gasteiger partial charge in [0.25, 0.3) is 0 Å². The van der Waals surface area contributed by atoms with Crippen molar-refractivity contribution in [3.8, 4) is 22.6 Å². The maximum Gasteiger partial charge on any atom is 0.344 e. The van der Waals surface area contributed by atoms with E-state index in [1.54, 1.807) is 19.2 Å². The van der Waals surface area contributed by atoms with Crippen molar-refractivity contribution >= 4 is 5.97 Å². The summed E-state index contributed by atoms with van der Waals surface area (Å²) < 4.78 is 15.9. The summed E-state index contributed by atoms with van der Waals surface area (Å²) in [6.07, 6.45) is 0. The predicted octanol–water partition coefficient (Wildman–Crippen LogP) is 4.48. The summed E-state index contributed by atoms with van der Waals surface area (Å²) in [6.45, 7) is 0.0473. The molecule has 0 saturated carbocycles. The summed E-state index contributed by atoms with van der Waals surface area (Å²) in [4.78, 5) is 11.9. The topological polar surface area (TPSA) is 44.8 Å². The Morgan fingerprint density at radius 3 is 2.08 bits per heavy atom. The van der Waals surface area contributed by atoms with Crippen molar-refractivity contribution in [3.63, 3.8) is 0 Å². The van der Waals surface area contributed by atoms with E-state index < -0.39 is 5.97 Å². The highest BCUT2D eigenvalue weighted by Crippen LogP contribution is 2.25. The molecule has 0 atom stereocenters. The van der Waals surface area contributed by atoms with E-state index in [2.05, 4.69) is 12.1 Å². The van der Waals surface area contributed by atoms with Gasteiger partial charge in [0.05, 0.1) is 7.11 Å². The lowest BCUT2D eigenvalue weighted by molar-refractivity contribution is -0.147. The van der Waals surface area contributed by atoms with Gasteiger partial charge in [-0.05, 0) is 28.8 Å². The average molecular weight is 348 g/mol. The number of rotatable bonds is 7. The van der Waals surface area contributed by atoms with Gasteiger partial charge in [0, 0.05) is 0 Å². The molecule has 0 aromatic heterocycles. The molecule has 3 aromatic rings. The number of hydrogen-bond donors (Lipinski definition) is 0. The molecule has 0 N–H and O–H groups in total. The molecule has 4 nitrogen and oxygen atoms in total. The van der Waals surface area contributed by atoms with Crippen molar-refractivity contribution in [2.75, 3.05) is 13.7 Å². The minimum Gasteiger partial charge on any atom is -0.493 e. The molecular formula is C22H20O4. The van der Waals surface area contributed by atoms with Gasteiger partial charge in [-0.25, -0.2) is 4.79 Å². The fourth-order valence-electron chi connectivity index (χ4n) is 2.50. The first-order valence-electron chi connectivity index (χ1n) is 8.32. The Kier molecular flexibility index (Phi) is 5.88. The Bertz CT molecular complexity index is 842. The van der Waals surface area contributed by atoms with Crippen LogP contribution >= 0.6 is 0 Å². The third-order valence-corrected chi connectivity index (χ3v) is 3.88. The van der Waals surface area contributed by atoms with Crippen molar-refractivity contribution in [3.05, 3.63) is 84.4 Å². The lowest BCUT2D eigenvalue weighted by Gasteiger charge is -2.10. The van der Waals surface area contributed by atoms with Crippen LogP contribution in [0.15, 0.2) is 78.9 Å². The maximum atomic E-state index is 11.9. The van der Waals surface area contributed by atoms with Crippen LogP contribution in [0.25, 0.3) is 11.1 Å². The molecule has 0 aliphatic heterocycles. The molecule has 132 valence electrons. The van der Waals surface area contributed by atoms with Gasteiger partial charge in [-0.2, -0.15) is 0 Å². The van der Waals surface area contributed by atoms with Crippen LogP contribution in [0.4, 0.5) is 0 Å². The molecule has 0 radical (unpaired) electrons. The predicted molar refractivity (Wildman–Crippen MR) is 100 cm³/mol. The molecule has 3 rings (SSSR count). The van der Waals surface area contributed by atoms with Crippen LogP contribution in [0, 0.1) is 0 Å². The molecule has 0 aliphatic rings. The molecule has 0 amide bonds. The molecule has 0 unspecified atom stereocenters. The van der Waals surface area contributed by atoms with E-state index in [4.69, 9.17) is 14.2 Å². The Hall–Kier alpha value is -3.27. The zero-order valence-electron chi connectivity index (χ0n) is 14.6. The second-order valence-corrected chi connectivity index (χ2v) is 5.66. The molecule has 0 bridgehead atoms. The number of benzene rings is 3. The molecule has 4 heteroatoms. The number of methoxy groups -OCH3 is 1. The van der Waals surface area contributed by atoms with Crippen LogP contribution in [0.2, 0.25) is 0 Å². The summed E-state index contributed by atoms with van der Waals surface area (Å²) >= 11 is 0. The first kappa shape index (κ1) is 17.5. The third kappa shape index (κ3) is 4.63. The molecule has 0 fully saturated rings. The van der Waals surface area contributed by atoms with Gasteiger partial charge in [-0.1, -0.05) is 66.7 Å². The minimum atomic E-state index is -0.428. The highest BCUT2D eigenvalue weighted by atomic mass is 16.6. The summed E-state index contributed by atoms with van der Waals surface area (Å²) in [5.74, 6) is 0.666. The fraction of sp³-hybridized carbons (Fsp3) is 0.136. The van der Waals surface area contributed by atoms with E-state index in [1.165, 1.54) is 0 Å². The summed E-state index contributed by atoms with van der Waals surface area (Å²) in [5.41, 5.74) is 3.21. The Morgan fingerprint density at radius 1 is 0.769 bits per heavy atom. The van der Waals surface area contributed by atoms with Gasteiger partial charge in [0.15, 0.2) is 18.1 Å². The van der Waals surface area contributed by atoms with Gasteiger partial charge >= 0.3 is 5.97 Å². The third-order valence-electron chi connectivity index (χ3n) is 3.88. The highest BCUT2D eigenvalue weighted by Gasteiger charge is 2.08. The smallest absolute Gasteiger partial charge is 0.344 e. The molecule has 0 spiro atoms. The van der Waals surface area contributed by atoms with Gasteiger partial charge in [-0.15, -0.1) is 0 Å². The normalized spacial score (nSPS) is 10.2. The van der Waals surface area contributed by atoms with E-state index in [0.29, 0.717) is 11.5 Å². The Labute approximate surface area is 153 Å². The van der Waals surface area contributed by atoms with Gasteiger partial charge < -0.3 is 14.2 Å². The van der Waals surface area contributed by atoms with E-state index in [9.17, 15) is 4.79 Å². The SMILES string of the molecule is COc1ccccc1OCC(=O)OCc1ccc(-c2ccccc2)cc1. The van der Waals surface area contributed by atoms with Gasteiger partial charge in [0.1, 0.15) is 6.61 Å². The van der Waals surface area contributed by atoms with Crippen molar-refractivity contribution in [1.82, 2.24) is 0 Å². The van der Waals surface area contributed by atoms with Crippen molar-refractivity contribution in [2.45, 2.75) is 6.61 Å². The number of carbonyl (C=O) groups is 1. The van der Waals surface area contributed by atoms with Crippen LogP contribution in [0.3, 0.4) is 0 Å². The lowest BCUT2D eigenvalue weighted by atomic mass is 10.0. The second kappa shape index (κ2) is 8.72. The number of ether oxygens (including phenoxy) is 3. The van der Waals surface area contributed by atoms with Crippen LogP contribution in [0.5, 0.6) is 11.5 Å². The zero-order chi connectivity index (χ0) is 18.2. The highest BCUT2D eigenvalue weighted by molar-refractivity contribution is 5.71. The summed E-state index contributed by atoms with van der Waals surface area (Å²) in [6, 6.07) is 25.2. The number of hydrogen-bond acceptors (Lipinski definition) is 4. The van der Waals surface area contributed by atoms with Crippen molar-refractivity contribution < 1.29 is 19.0 Å². The van der Waals surface area contributed by atoms with Gasteiger partial charge in [-0.3, -0.25) is 0 Å². The van der Waals surface area contributed by atoms with Crippen LogP contribution in [-0.2, 0) is 16.1 Å². The number of esters is 1. The molecule has 0 heterocycles. The monoisotopic (exact) mass is 348 g/mol. The van der Waals surface area contributed by atoms with E-state index in [0.717, 1.165) is 16.7 Å². The van der Waals surface area contributed by atoms with E-state index in [1.807, 2.05) is 54.6 Å².